The average Bonchev–Trinajstić information content (AvgIpc) is 3.43. The van der Waals surface area contributed by atoms with E-state index in [0.29, 0.717) is 60.0 Å². The number of nitrogens with one attached hydrogen (secondary N) is 2. The minimum absolute atomic E-state index is 0.192. The Kier molecular flexibility index (Phi) is 7.13. The molecule has 2 N–H and O–H groups in total. The van der Waals surface area contributed by atoms with Crippen LogP contribution in [0.4, 0.5) is 0 Å². The van der Waals surface area contributed by atoms with E-state index in [4.69, 9.17) is 16.1 Å². The van der Waals surface area contributed by atoms with E-state index in [2.05, 4.69) is 42.0 Å². The predicted molar refractivity (Wildman–Crippen MR) is 125 cm³/mol. The topological polar surface area (TPSA) is 130 Å². The molecule has 172 valence electrons. The summed E-state index contributed by atoms with van der Waals surface area (Å²) in [4.78, 5) is 36.0. The van der Waals surface area contributed by atoms with Crippen molar-refractivity contribution in [1.29, 1.82) is 0 Å². The van der Waals surface area contributed by atoms with E-state index in [1.165, 1.54) is 0 Å². The monoisotopic (exact) mass is 468 g/mol. The van der Waals surface area contributed by atoms with E-state index in [9.17, 15) is 4.79 Å². The van der Waals surface area contributed by atoms with Gasteiger partial charge in [-0.1, -0.05) is 48.8 Å². The minimum atomic E-state index is -0.296. The van der Waals surface area contributed by atoms with E-state index < -0.39 is 0 Å². The van der Waals surface area contributed by atoms with Gasteiger partial charge in [-0.05, 0) is 23.6 Å². The molecule has 10 nitrogen and oxygen atoms in total. The number of H-pyrrole nitrogens is 2. The van der Waals surface area contributed by atoms with Crippen LogP contribution in [-0.4, -0.2) is 42.5 Å². The lowest BCUT2D eigenvalue weighted by molar-refractivity contribution is 0.375. The lowest BCUT2D eigenvalue weighted by Crippen LogP contribution is -2.31. The summed E-state index contributed by atoms with van der Waals surface area (Å²) >= 11 is 6.09. The Hall–Kier alpha value is -3.53. The van der Waals surface area contributed by atoms with Gasteiger partial charge >= 0.3 is 5.69 Å². The molecular weight excluding hydrogens is 444 g/mol. The second kappa shape index (κ2) is 10.4. The molecule has 0 amide bonds. The Morgan fingerprint density at radius 2 is 2.03 bits per heavy atom. The molecule has 4 rings (SSSR count). The van der Waals surface area contributed by atoms with Gasteiger partial charge in [0.25, 0.3) is 0 Å². The number of imidazole rings is 1. The smallest absolute Gasteiger partial charge is 0.328 e. The molecular formula is C22H25ClN8O2. The maximum Gasteiger partial charge on any atom is 0.328 e. The number of hydrogen-bond donors (Lipinski definition) is 2. The van der Waals surface area contributed by atoms with Gasteiger partial charge < -0.3 is 9.51 Å². The number of aliphatic imine (C=N–C) groups is 1. The molecule has 0 saturated heterocycles. The number of unbranched alkanes of at least 4 members (excludes halogenated alkanes) is 1. The lowest BCUT2D eigenvalue weighted by atomic mass is 10.1. The summed E-state index contributed by atoms with van der Waals surface area (Å²) in [6, 6.07) is 9.96. The highest BCUT2D eigenvalue weighted by molar-refractivity contribution is 6.29. The van der Waals surface area contributed by atoms with Crippen molar-refractivity contribution in [2.45, 2.75) is 45.6 Å². The van der Waals surface area contributed by atoms with Crippen molar-refractivity contribution in [3.05, 3.63) is 68.9 Å². The number of benzene rings is 1. The molecule has 0 aliphatic carbocycles. The molecule has 0 aliphatic rings. The molecule has 0 fully saturated rings. The van der Waals surface area contributed by atoms with E-state index in [0.717, 1.165) is 18.4 Å². The van der Waals surface area contributed by atoms with Gasteiger partial charge in [-0.25, -0.2) is 9.79 Å². The minimum Gasteiger partial charge on any atom is -0.339 e. The summed E-state index contributed by atoms with van der Waals surface area (Å²) in [5.74, 6) is 1.65. The number of fused-ring (bicyclic) bond motifs is 1. The third-order valence-electron chi connectivity index (χ3n) is 5.13. The van der Waals surface area contributed by atoms with Crippen LogP contribution in [0.5, 0.6) is 0 Å². The number of hydrogen-bond acceptors (Lipinski definition) is 6. The maximum atomic E-state index is 12.6. The molecule has 0 spiro atoms. The van der Waals surface area contributed by atoms with Gasteiger partial charge in [0, 0.05) is 32.9 Å². The third-order valence-corrected chi connectivity index (χ3v) is 5.31. The first-order valence-corrected chi connectivity index (χ1v) is 11.2. The first-order chi connectivity index (χ1) is 16.1. The maximum absolute atomic E-state index is 12.6. The van der Waals surface area contributed by atoms with Crippen molar-refractivity contribution in [2.75, 3.05) is 7.05 Å². The highest BCUT2D eigenvalue weighted by Crippen LogP contribution is 2.11. The molecule has 0 radical (unpaired) electrons. The number of aromatic amines is 2. The molecule has 3 heterocycles. The van der Waals surface area contributed by atoms with Crippen LogP contribution < -0.4 is 11.2 Å². The van der Waals surface area contributed by atoms with E-state index >= 15 is 0 Å². The standard InChI is InChI=1S/C22H25ClN8O2/c1-3-4-12-31-20-18(27-21(23)29-20)19(28-22(31)32)26-15(24-2)10-11-17-25-16(30-33-17)13-14-8-6-5-7-9-14/h5-9H,3-4,10-13H2,1-2H3,(H,27,29)(H,24,26,28,32). The SMILES string of the molecule is CCCCn1c(=O)[nH]/c(=N\C(CCc2nc(Cc3ccccc3)no2)=N/C)c2[nH]c(Cl)nc21. The summed E-state index contributed by atoms with van der Waals surface area (Å²) in [5.41, 5.74) is 2.17. The Morgan fingerprint density at radius 1 is 1.21 bits per heavy atom. The summed E-state index contributed by atoms with van der Waals surface area (Å²) in [6.45, 7) is 2.60. The van der Waals surface area contributed by atoms with Crippen LogP contribution in [0.25, 0.3) is 11.2 Å². The molecule has 33 heavy (non-hydrogen) atoms. The Balaban J connectivity index is 1.53. The van der Waals surface area contributed by atoms with Crippen molar-refractivity contribution in [3.8, 4) is 0 Å². The number of aryl methyl sites for hydroxylation is 2. The summed E-state index contributed by atoms with van der Waals surface area (Å²) in [7, 11) is 1.65. The molecule has 0 unspecified atom stereocenters. The highest BCUT2D eigenvalue weighted by Gasteiger charge is 2.13. The molecule has 0 bridgehead atoms. The highest BCUT2D eigenvalue weighted by atomic mass is 35.5. The lowest BCUT2D eigenvalue weighted by Gasteiger charge is -2.05. The zero-order chi connectivity index (χ0) is 23.2. The van der Waals surface area contributed by atoms with Crippen LogP contribution >= 0.6 is 11.6 Å². The Morgan fingerprint density at radius 3 is 2.79 bits per heavy atom. The fourth-order valence-electron chi connectivity index (χ4n) is 3.44. The Bertz CT molecular complexity index is 1380. The average molecular weight is 469 g/mol. The van der Waals surface area contributed by atoms with Crippen LogP contribution in [0.1, 0.15) is 43.5 Å². The fourth-order valence-corrected chi connectivity index (χ4v) is 3.61. The van der Waals surface area contributed by atoms with Gasteiger partial charge in [-0.15, -0.1) is 0 Å². The van der Waals surface area contributed by atoms with E-state index in [1.807, 2.05) is 30.3 Å². The first-order valence-electron chi connectivity index (χ1n) is 10.8. The molecule has 0 aliphatic heterocycles. The summed E-state index contributed by atoms with van der Waals surface area (Å²) in [5, 5.41) is 4.25. The van der Waals surface area contributed by atoms with Gasteiger partial charge in [0.1, 0.15) is 11.4 Å². The van der Waals surface area contributed by atoms with Crippen molar-refractivity contribution in [1.82, 2.24) is 29.7 Å². The summed E-state index contributed by atoms with van der Waals surface area (Å²) in [6.07, 6.45) is 3.33. The Labute approximate surface area is 194 Å². The molecule has 0 saturated carbocycles. The van der Waals surface area contributed by atoms with E-state index in [1.54, 1.807) is 11.6 Å². The zero-order valence-corrected chi connectivity index (χ0v) is 19.3. The molecule has 0 atom stereocenters. The molecule has 3 aromatic heterocycles. The predicted octanol–water partition coefficient (Wildman–Crippen LogP) is 3.04. The second-order valence-electron chi connectivity index (χ2n) is 7.53. The second-order valence-corrected chi connectivity index (χ2v) is 7.89. The zero-order valence-electron chi connectivity index (χ0n) is 18.5. The van der Waals surface area contributed by atoms with Crippen LogP contribution in [0.2, 0.25) is 5.28 Å². The number of aromatic nitrogens is 6. The molecule has 1 aromatic carbocycles. The van der Waals surface area contributed by atoms with Gasteiger partial charge in [0.05, 0.1) is 0 Å². The van der Waals surface area contributed by atoms with E-state index in [-0.39, 0.29) is 11.0 Å². The normalized spacial score (nSPS) is 12.7. The van der Waals surface area contributed by atoms with Gasteiger partial charge in [-0.2, -0.15) is 9.97 Å². The number of amidine groups is 1. The summed E-state index contributed by atoms with van der Waals surface area (Å²) < 4.78 is 6.94. The fraction of sp³-hybridized carbons (Fsp3) is 0.364. The third kappa shape index (κ3) is 5.46. The van der Waals surface area contributed by atoms with Crippen LogP contribution in [0.15, 0.2) is 49.6 Å². The van der Waals surface area contributed by atoms with Crippen molar-refractivity contribution < 1.29 is 4.52 Å². The molecule has 4 aromatic rings. The number of rotatable bonds is 8. The van der Waals surface area contributed by atoms with Crippen LogP contribution in [0, 0.1) is 0 Å². The van der Waals surface area contributed by atoms with Crippen molar-refractivity contribution >= 4 is 28.6 Å². The molecule has 11 heteroatoms. The van der Waals surface area contributed by atoms with Gasteiger partial charge in [0.2, 0.25) is 11.2 Å². The van der Waals surface area contributed by atoms with Crippen LogP contribution in [0.3, 0.4) is 0 Å². The van der Waals surface area contributed by atoms with Crippen LogP contribution in [-0.2, 0) is 19.4 Å². The van der Waals surface area contributed by atoms with Gasteiger partial charge in [-0.3, -0.25) is 14.5 Å². The van der Waals surface area contributed by atoms with Crippen molar-refractivity contribution in [3.63, 3.8) is 0 Å². The number of nitrogens with zero attached hydrogens (tertiary/aromatic N) is 6. The quantitative estimate of drug-likeness (QED) is 0.233. The van der Waals surface area contributed by atoms with Crippen molar-refractivity contribution in [2.24, 2.45) is 9.98 Å². The first kappa shape index (κ1) is 22.7. The number of halogens is 1. The largest absolute Gasteiger partial charge is 0.339 e. The van der Waals surface area contributed by atoms with Gasteiger partial charge in [0.15, 0.2) is 17.0 Å².